The van der Waals surface area contributed by atoms with Crippen LogP contribution in [-0.2, 0) is 4.74 Å². The second-order valence-electron chi connectivity index (χ2n) is 7.51. The van der Waals surface area contributed by atoms with Gasteiger partial charge in [-0.1, -0.05) is 29.9 Å². The Morgan fingerprint density at radius 3 is 2.92 bits per heavy atom. The Hall–Kier alpha value is -2.45. The fraction of sp³-hybridized carbons (Fsp3) is 0.565. The molecule has 2 aliphatic rings. The number of anilines is 1. The number of hydrogen-bond donors (Lipinski definition) is 4. The number of nitrogens with zero attached hydrogens (tertiary/aromatic N) is 5. The predicted molar refractivity (Wildman–Crippen MR) is 128 cm³/mol. The second-order valence-corrected chi connectivity index (χ2v) is 8.57. The van der Waals surface area contributed by atoms with E-state index in [-0.39, 0.29) is 15.7 Å². The van der Waals surface area contributed by atoms with Crippen molar-refractivity contribution in [3.05, 3.63) is 35.3 Å². The van der Waals surface area contributed by atoms with Crippen LogP contribution in [0.15, 0.2) is 23.3 Å². The zero-order chi connectivity index (χ0) is 37.1. The molecule has 2 saturated carbocycles. The van der Waals surface area contributed by atoms with Crippen molar-refractivity contribution in [1.82, 2.24) is 25.0 Å². The van der Waals surface area contributed by atoms with Gasteiger partial charge in [-0.2, -0.15) is 0 Å². The summed E-state index contributed by atoms with van der Waals surface area (Å²) in [6.45, 7) is -3.00. The Morgan fingerprint density at radius 1 is 1.31 bits per heavy atom. The van der Waals surface area contributed by atoms with Gasteiger partial charge in [-0.3, -0.25) is 0 Å². The van der Waals surface area contributed by atoms with Gasteiger partial charge in [0, 0.05) is 29.6 Å². The molecule has 13 heteroatoms. The molecule has 0 radical (unpaired) electrons. The lowest BCUT2D eigenvalue weighted by Crippen LogP contribution is -2.33. The molecule has 0 spiro atoms. The zero-order valence-electron chi connectivity index (χ0n) is 31.4. The van der Waals surface area contributed by atoms with E-state index in [1.54, 1.807) is 6.92 Å². The second kappa shape index (κ2) is 10.5. The first-order valence-corrected chi connectivity index (χ1v) is 11.5. The number of benzene rings is 1. The molecule has 2 aliphatic carbocycles. The minimum absolute atomic E-state index is 0.152. The van der Waals surface area contributed by atoms with Crippen molar-refractivity contribution >= 4 is 28.7 Å². The summed E-state index contributed by atoms with van der Waals surface area (Å²) >= 11 is 0.985. The SMILES string of the molecule is [2H]c1c([2H])c(C2[C@@H](Nc3nc(SCCC)nc4c3nnn4[C@]3([2H])C([2H])([2H])[C@]([2H])(OCC([2H])([2H])O)[C@@]([2H])(O)[C@@]3([2H])O)C2([2H])[2H])c([2H])c(F)c1F. The summed E-state index contributed by atoms with van der Waals surface area (Å²) in [4.78, 5) is 8.46. The van der Waals surface area contributed by atoms with E-state index in [2.05, 4.69) is 25.6 Å². The normalized spacial score (nSPS) is 44.2. The van der Waals surface area contributed by atoms with Gasteiger partial charge in [0.15, 0.2) is 33.8 Å². The van der Waals surface area contributed by atoms with Crippen molar-refractivity contribution in [1.29, 1.82) is 0 Å². The molecular weight excluding hydrogens is 494 g/mol. The highest BCUT2D eigenvalue weighted by molar-refractivity contribution is 7.99. The number of halogens is 2. The average molecular weight is 536 g/mol. The molecule has 0 saturated heterocycles. The van der Waals surface area contributed by atoms with Crippen molar-refractivity contribution in [3.63, 3.8) is 0 Å². The van der Waals surface area contributed by atoms with Crippen molar-refractivity contribution in [2.75, 3.05) is 24.2 Å². The van der Waals surface area contributed by atoms with Crippen LogP contribution in [0.3, 0.4) is 0 Å². The van der Waals surface area contributed by atoms with Crippen LogP contribution in [0.4, 0.5) is 14.6 Å². The van der Waals surface area contributed by atoms with Crippen molar-refractivity contribution in [3.8, 4) is 0 Å². The maximum absolute atomic E-state index is 14.4. The van der Waals surface area contributed by atoms with E-state index in [0.29, 0.717) is 12.2 Å². The van der Waals surface area contributed by atoms with Gasteiger partial charge in [0.2, 0.25) is 0 Å². The minimum Gasteiger partial charge on any atom is -0.394 e. The molecule has 6 atom stereocenters. The maximum Gasteiger partial charge on any atom is 0.191 e. The third kappa shape index (κ3) is 4.90. The molecule has 194 valence electrons. The molecule has 10 nitrogen and oxygen atoms in total. The number of aliphatic hydroxyl groups is 3. The van der Waals surface area contributed by atoms with E-state index in [1.807, 2.05) is 0 Å². The summed E-state index contributed by atoms with van der Waals surface area (Å²) in [6.07, 6.45) is -17.7. The number of aromatic nitrogens is 5. The number of thioether (sulfide) groups is 1. The molecule has 2 aromatic heterocycles. The topological polar surface area (TPSA) is 138 Å². The van der Waals surface area contributed by atoms with Gasteiger partial charge in [-0.15, -0.1) is 5.10 Å². The predicted octanol–water partition coefficient (Wildman–Crippen LogP) is 2.01. The average Bonchev–Trinajstić information content (AvgIpc) is 3.28. The van der Waals surface area contributed by atoms with E-state index in [9.17, 15) is 24.1 Å². The Kier molecular flexibility index (Phi) is 4.06. The van der Waals surface area contributed by atoms with E-state index in [1.165, 1.54) is 0 Å². The van der Waals surface area contributed by atoms with E-state index in [4.69, 9.17) is 22.6 Å². The van der Waals surface area contributed by atoms with Crippen LogP contribution in [0.25, 0.3) is 11.2 Å². The Labute approximate surface area is 228 Å². The highest BCUT2D eigenvalue weighted by atomic mass is 32.2. The number of hydrogen-bond acceptors (Lipinski definition) is 10. The largest absolute Gasteiger partial charge is 0.394 e. The van der Waals surface area contributed by atoms with Crippen LogP contribution in [0.1, 0.15) is 61.4 Å². The summed E-state index contributed by atoms with van der Waals surface area (Å²) in [7, 11) is 0. The fourth-order valence-corrected chi connectivity index (χ4v) is 4.00. The van der Waals surface area contributed by atoms with Crippen LogP contribution < -0.4 is 5.32 Å². The monoisotopic (exact) mass is 535 g/mol. The Balaban J connectivity index is 1.67. The minimum atomic E-state index is -4.08. The molecule has 2 heterocycles. The fourth-order valence-electron chi connectivity index (χ4n) is 3.31. The molecule has 0 aliphatic heterocycles. The first kappa shape index (κ1) is 13.9. The maximum atomic E-state index is 14.4. The highest BCUT2D eigenvalue weighted by Gasteiger charge is 2.45. The third-order valence-electron chi connectivity index (χ3n) is 5.03. The molecule has 1 aromatic carbocycles. The van der Waals surface area contributed by atoms with E-state index < -0.39 is 109 Å². The van der Waals surface area contributed by atoms with Crippen LogP contribution in [0.2, 0.25) is 0 Å². The Morgan fingerprint density at radius 2 is 2.14 bits per heavy atom. The van der Waals surface area contributed by atoms with Gasteiger partial charge in [-0.05, 0) is 30.4 Å². The van der Waals surface area contributed by atoms with Gasteiger partial charge in [0.1, 0.15) is 12.2 Å². The molecule has 0 amide bonds. The molecule has 2 fully saturated rings. The van der Waals surface area contributed by atoms with Crippen LogP contribution >= 0.6 is 11.8 Å². The molecule has 5 rings (SSSR count). The van der Waals surface area contributed by atoms with E-state index >= 15 is 0 Å². The number of ether oxygens (including phenoxy) is 1. The lowest BCUT2D eigenvalue weighted by Gasteiger charge is -2.17. The Bertz CT molecular complexity index is 1810. The van der Waals surface area contributed by atoms with Crippen LogP contribution in [0, 0.1) is 11.6 Å². The lowest BCUT2D eigenvalue weighted by molar-refractivity contribution is -0.0629. The van der Waals surface area contributed by atoms with Gasteiger partial charge in [0.25, 0.3) is 0 Å². The summed E-state index contributed by atoms with van der Waals surface area (Å²) < 4.78 is 140. The molecule has 0 bridgehead atoms. The first-order valence-electron chi connectivity index (χ1n) is 17.0. The van der Waals surface area contributed by atoms with Crippen LogP contribution in [0.5, 0.6) is 0 Å². The summed E-state index contributed by atoms with van der Waals surface area (Å²) in [5.41, 5.74) is -1.74. The lowest BCUT2D eigenvalue weighted by atomic mass is 10.1. The molecule has 4 N–H and O–H groups in total. The van der Waals surface area contributed by atoms with Gasteiger partial charge in [-0.25, -0.2) is 23.4 Å². The molecule has 1 unspecified atom stereocenters. The number of nitrogens with one attached hydrogen (secondary N) is 1. The van der Waals surface area contributed by atoms with Crippen molar-refractivity contribution < 1.29 is 46.7 Å². The number of rotatable bonds is 10. The highest BCUT2D eigenvalue weighted by Crippen LogP contribution is 2.44. The number of fused-ring (bicyclic) bond motifs is 1. The van der Waals surface area contributed by atoms with Gasteiger partial charge >= 0.3 is 0 Å². The summed E-state index contributed by atoms with van der Waals surface area (Å²) in [5.74, 6) is -5.03. The van der Waals surface area contributed by atoms with Gasteiger partial charge < -0.3 is 25.4 Å². The smallest absolute Gasteiger partial charge is 0.191 e. The molecule has 3 aromatic rings. The van der Waals surface area contributed by atoms with Gasteiger partial charge in [0.05, 0.1) is 37.6 Å². The third-order valence-corrected chi connectivity index (χ3v) is 6.09. The summed E-state index contributed by atoms with van der Waals surface area (Å²) in [5, 5.41) is 41.6. The van der Waals surface area contributed by atoms with Crippen molar-refractivity contribution in [2.45, 2.75) is 67.5 Å². The quantitative estimate of drug-likeness (QED) is 0.225. The first-order chi connectivity index (χ1) is 22.3. The van der Waals surface area contributed by atoms with Crippen LogP contribution in [-0.4, -0.2) is 83.5 Å². The standard InChI is InChI=1S/C23H28F2N6O4S/c1-2-7-36-23-27-21(26-15-9-12(15)11-3-4-13(24)14(25)8-11)18-22(28-23)31(30-29-18)16-10-17(35-6-5-32)20(34)19(16)33/h3-4,8,12,15-17,19-20,32-34H,2,5-7,9-10H2,1H3,(H,26,27,28)/t12?,15-,16+,17-,19-,20+/m0/s1/i3D,4D,5D2,8D,9D2,10D2,16D,17D,19D,20D. The zero-order valence-corrected chi connectivity index (χ0v) is 19.2. The van der Waals surface area contributed by atoms with Crippen molar-refractivity contribution in [2.24, 2.45) is 0 Å². The summed E-state index contributed by atoms with van der Waals surface area (Å²) in [6, 6.07) is -8.44. The van der Waals surface area contributed by atoms with E-state index in [0.717, 1.165) is 11.8 Å². The molecule has 36 heavy (non-hydrogen) atoms. The molecular formula is C23H28F2N6O4S.